The average Bonchev–Trinajstić information content (AvgIpc) is 2.49. The van der Waals surface area contributed by atoms with Crippen molar-refractivity contribution in [2.75, 3.05) is 0 Å². The summed E-state index contributed by atoms with van der Waals surface area (Å²) < 4.78 is 1.18. The molecular formula is C15H15Br. The number of halogens is 1. The first-order valence-electron chi connectivity index (χ1n) is 5.81. The van der Waals surface area contributed by atoms with Crippen molar-refractivity contribution >= 4 is 21.5 Å². The number of rotatable bonds is 0. The Labute approximate surface area is 105 Å². The zero-order valence-corrected chi connectivity index (χ0v) is 11.3. The molecule has 0 nitrogen and oxygen atoms in total. The highest BCUT2D eigenvalue weighted by molar-refractivity contribution is 9.10. The van der Waals surface area contributed by atoms with E-state index in [0.717, 1.165) is 0 Å². The highest BCUT2D eigenvalue weighted by Gasteiger charge is 2.36. The predicted molar refractivity (Wildman–Crippen MR) is 72.5 cm³/mol. The Morgan fingerprint density at radius 2 is 2.06 bits per heavy atom. The van der Waals surface area contributed by atoms with Gasteiger partial charge in [0.1, 0.15) is 0 Å². The van der Waals surface area contributed by atoms with Crippen molar-refractivity contribution in [3.8, 4) is 0 Å². The van der Waals surface area contributed by atoms with Gasteiger partial charge in [-0.1, -0.05) is 53.6 Å². The Morgan fingerprint density at radius 3 is 2.88 bits per heavy atom. The van der Waals surface area contributed by atoms with Crippen LogP contribution in [0.15, 0.2) is 40.4 Å². The Bertz CT molecular complexity index is 518. The monoisotopic (exact) mass is 274 g/mol. The topological polar surface area (TPSA) is 0 Å². The van der Waals surface area contributed by atoms with E-state index in [1.54, 1.807) is 5.57 Å². The molecule has 0 radical (unpaired) electrons. The van der Waals surface area contributed by atoms with Crippen molar-refractivity contribution in [3.05, 3.63) is 51.5 Å². The lowest BCUT2D eigenvalue weighted by molar-refractivity contribution is 0.607. The first-order chi connectivity index (χ1) is 7.60. The molecule has 0 aliphatic heterocycles. The minimum absolute atomic E-state index is 0.208. The van der Waals surface area contributed by atoms with E-state index in [1.807, 2.05) is 0 Å². The van der Waals surface area contributed by atoms with Gasteiger partial charge in [-0.3, -0.25) is 0 Å². The Hall–Kier alpha value is -0.820. The van der Waals surface area contributed by atoms with Gasteiger partial charge in [-0.25, -0.2) is 0 Å². The van der Waals surface area contributed by atoms with E-state index in [-0.39, 0.29) is 5.41 Å². The fourth-order valence-electron chi connectivity index (χ4n) is 3.00. The van der Waals surface area contributed by atoms with Crippen LogP contribution in [0.2, 0.25) is 0 Å². The summed E-state index contributed by atoms with van der Waals surface area (Å²) in [4.78, 5) is 0. The van der Waals surface area contributed by atoms with Crippen LogP contribution in [0.4, 0.5) is 0 Å². The zero-order valence-electron chi connectivity index (χ0n) is 9.68. The lowest BCUT2D eigenvalue weighted by atomic mass is 9.79. The highest BCUT2D eigenvalue weighted by Crippen LogP contribution is 2.50. The second-order valence-electron chi connectivity index (χ2n) is 5.15. The van der Waals surface area contributed by atoms with Gasteiger partial charge in [0.15, 0.2) is 0 Å². The molecule has 0 N–H and O–H groups in total. The van der Waals surface area contributed by atoms with Gasteiger partial charge in [0.25, 0.3) is 0 Å². The molecule has 0 aromatic heterocycles. The van der Waals surface area contributed by atoms with E-state index in [9.17, 15) is 0 Å². The zero-order chi connectivity index (χ0) is 11.3. The third kappa shape index (κ3) is 1.27. The average molecular weight is 275 g/mol. The second-order valence-corrected chi connectivity index (χ2v) is 6.06. The van der Waals surface area contributed by atoms with Gasteiger partial charge in [0.2, 0.25) is 0 Å². The summed E-state index contributed by atoms with van der Waals surface area (Å²) in [5.74, 6) is 0. The third-order valence-corrected chi connectivity index (χ3v) is 4.36. The minimum Gasteiger partial charge on any atom is -0.0836 e. The Balaban J connectivity index is 2.28. The highest BCUT2D eigenvalue weighted by atomic mass is 79.9. The molecule has 0 unspecified atom stereocenters. The fraction of sp³-hybridized carbons (Fsp3) is 0.333. The number of benzene rings is 1. The number of allylic oxidation sites excluding steroid dienone is 4. The van der Waals surface area contributed by atoms with E-state index in [0.29, 0.717) is 0 Å². The summed E-state index contributed by atoms with van der Waals surface area (Å²) in [6, 6.07) is 6.67. The number of hydrogen-bond acceptors (Lipinski definition) is 0. The lowest BCUT2D eigenvalue weighted by Gasteiger charge is -2.25. The first kappa shape index (κ1) is 10.3. The van der Waals surface area contributed by atoms with Crippen molar-refractivity contribution in [1.29, 1.82) is 0 Å². The minimum atomic E-state index is 0.208. The van der Waals surface area contributed by atoms with Gasteiger partial charge in [0.05, 0.1) is 0 Å². The van der Waals surface area contributed by atoms with Crippen LogP contribution in [-0.4, -0.2) is 0 Å². The Morgan fingerprint density at radius 1 is 1.25 bits per heavy atom. The fourth-order valence-corrected chi connectivity index (χ4v) is 3.36. The van der Waals surface area contributed by atoms with Crippen molar-refractivity contribution in [2.45, 2.75) is 32.1 Å². The van der Waals surface area contributed by atoms with Gasteiger partial charge in [-0.2, -0.15) is 0 Å². The predicted octanol–water partition coefficient (Wildman–Crippen LogP) is 4.84. The van der Waals surface area contributed by atoms with E-state index in [1.165, 1.54) is 34.0 Å². The maximum atomic E-state index is 3.58. The van der Waals surface area contributed by atoms with E-state index >= 15 is 0 Å². The third-order valence-electron chi connectivity index (χ3n) is 3.87. The molecule has 1 heteroatoms. The standard InChI is InChI=1S/C15H15Br/c1-15(2)13-6-4-3-5-11(13)12-8-7-10(16)9-14(12)15/h3,5,7-9H,4,6H2,1-2H3. The molecule has 0 saturated carbocycles. The van der Waals surface area contributed by atoms with E-state index in [4.69, 9.17) is 0 Å². The van der Waals surface area contributed by atoms with E-state index in [2.05, 4.69) is 60.1 Å². The van der Waals surface area contributed by atoms with Crippen LogP contribution in [0.5, 0.6) is 0 Å². The van der Waals surface area contributed by atoms with Gasteiger partial charge >= 0.3 is 0 Å². The molecule has 0 amide bonds. The van der Waals surface area contributed by atoms with Crippen LogP contribution in [0.25, 0.3) is 5.57 Å². The molecule has 1 aromatic rings. The van der Waals surface area contributed by atoms with Gasteiger partial charge in [0, 0.05) is 9.89 Å². The van der Waals surface area contributed by atoms with Gasteiger partial charge < -0.3 is 0 Å². The van der Waals surface area contributed by atoms with Crippen molar-refractivity contribution < 1.29 is 0 Å². The van der Waals surface area contributed by atoms with Crippen molar-refractivity contribution in [1.82, 2.24) is 0 Å². The summed E-state index contributed by atoms with van der Waals surface area (Å²) in [5.41, 5.74) is 6.19. The molecule has 1 aromatic carbocycles. The molecule has 0 fully saturated rings. The quantitative estimate of drug-likeness (QED) is 0.635. The van der Waals surface area contributed by atoms with Crippen LogP contribution < -0.4 is 0 Å². The molecule has 16 heavy (non-hydrogen) atoms. The molecule has 2 aliphatic rings. The van der Waals surface area contributed by atoms with Crippen molar-refractivity contribution in [2.24, 2.45) is 0 Å². The number of hydrogen-bond donors (Lipinski definition) is 0. The maximum absolute atomic E-state index is 3.58. The number of fused-ring (bicyclic) bond motifs is 2. The van der Waals surface area contributed by atoms with Crippen LogP contribution in [0, 0.1) is 0 Å². The SMILES string of the molecule is CC1(C)C2=C(C=CCC2)c2ccc(Br)cc21. The summed E-state index contributed by atoms with van der Waals surface area (Å²) in [6.07, 6.45) is 7.01. The summed E-state index contributed by atoms with van der Waals surface area (Å²) in [7, 11) is 0. The van der Waals surface area contributed by atoms with Crippen LogP contribution in [-0.2, 0) is 5.41 Å². The molecule has 0 heterocycles. The molecule has 0 saturated heterocycles. The molecule has 3 rings (SSSR count). The largest absolute Gasteiger partial charge is 0.0836 e. The van der Waals surface area contributed by atoms with Gasteiger partial charge in [-0.05, 0) is 41.7 Å². The summed E-state index contributed by atoms with van der Waals surface area (Å²) in [6.45, 7) is 4.69. The normalized spacial score (nSPS) is 20.9. The molecular weight excluding hydrogens is 260 g/mol. The maximum Gasteiger partial charge on any atom is 0.0178 e. The van der Waals surface area contributed by atoms with E-state index < -0.39 is 0 Å². The smallest absolute Gasteiger partial charge is 0.0178 e. The molecule has 2 aliphatic carbocycles. The first-order valence-corrected chi connectivity index (χ1v) is 6.60. The molecule has 0 spiro atoms. The van der Waals surface area contributed by atoms with Gasteiger partial charge in [-0.15, -0.1) is 0 Å². The summed E-state index contributed by atoms with van der Waals surface area (Å²) in [5, 5.41) is 0. The Kier molecular flexibility index (Phi) is 2.16. The molecule has 0 bridgehead atoms. The lowest BCUT2D eigenvalue weighted by Crippen LogP contribution is -2.17. The van der Waals surface area contributed by atoms with Crippen LogP contribution in [0.1, 0.15) is 37.8 Å². The molecule has 82 valence electrons. The molecule has 0 atom stereocenters. The van der Waals surface area contributed by atoms with Crippen LogP contribution >= 0.6 is 15.9 Å². The van der Waals surface area contributed by atoms with Crippen LogP contribution in [0.3, 0.4) is 0 Å². The van der Waals surface area contributed by atoms with Crippen molar-refractivity contribution in [3.63, 3.8) is 0 Å². The second kappa shape index (κ2) is 3.33. The summed E-state index contributed by atoms with van der Waals surface area (Å²) >= 11 is 3.58.